The molecule has 0 unspecified atom stereocenters. The van der Waals surface area contributed by atoms with Crippen molar-refractivity contribution in [2.75, 3.05) is 0 Å². The fourth-order valence-corrected chi connectivity index (χ4v) is 4.32. The van der Waals surface area contributed by atoms with Gasteiger partial charge in [-0.25, -0.2) is 0 Å². The summed E-state index contributed by atoms with van der Waals surface area (Å²) in [5.74, 6) is 0.280. The predicted molar refractivity (Wildman–Crippen MR) is 122 cm³/mol. The summed E-state index contributed by atoms with van der Waals surface area (Å²) in [7, 11) is 0. The van der Waals surface area contributed by atoms with E-state index in [-0.39, 0.29) is 5.91 Å². The average molecular weight is 462 g/mol. The Morgan fingerprint density at radius 3 is 2.50 bits per heavy atom. The predicted octanol–water partition coefficient (Wildman–Crippen LogP) is 5.82. The van der Waals surface area contributed by atoms with Crippen LogP contribution in [-0.4, -0.2) is 21.4 Å². The van der Waals surface area contributed by atoms with Crippen molar-refractivity contribution >= 4 is 49.5 Å². The van der Waals surface area contributed by atoms with Gasteiger partial charge in [0.1, 0.15) is 0 Å². The maximum absolute atomic E-state index is 12.3. The van der Waals surface area contributed by atoms with E-state index in [2.05, 4.69) is 68.9 Å². The smallest absolute Gasteiger partial charge is 0.243 e. The highest BCUT2D eigenvalue weighted by atomic mass is 79.9. The summed E-state index contributed by atoms with van der Waals surface area (Å²) in [6.45, 7) is 4.54. The first-order chi connectivity index (χ1) is 14.6. The lowest BCUT2D eigenvalue weighted by Gasteiger charge is -2.19. The lowest BCUT2D eigenvalue weighted by atomic mass is 10.1. The molecule has 1 atom stereocenters. The van der Waals surface area contributed by atoms with Crippen molar-refractivity contribution in [3.8, 4) is 0 Å². The van der Waals surface area contributed by atoms with Crippen molar-refractivity contribution in [1.29, 1.82) is 0 Å². The van der Waals surface area contributed by atoms with Gasteiger partial charge in [-0.2, -0.15) is 5.01 Å². The Morgan fingerprint density at radius 1 is 1.03 bits per heavy atom. The first kappa shape index (κ1) is 18.9. The lowest BCUT2D eigenvalue weighted by molar-refractivity contribution is -0.135. The summed E-state index contributed by atoms with van der Waals surface area (Å²) in [6.07, 6.45) is -0.589. The Balaban J connectivity index is 1.60. The number of carbonyl (C=O) groups is 1. The third kappa shape index (κ3) is 2.99. The second kappa shape index (κ2) is 7.29. The molecule has 0 aliphatic carbocycles. The molecular weight excluding hydrogens is 442 g/mol. The molecule has 0 fully saturated rings. The molecule has 1 aliphatic heterocycles. The minimum atomic E-state index is -0.589. The van der Waals surface area contributed by atoms with E-state index in [9.17, 15) is 4.79 Å². The topological polar surface area (TPSA) is 46.8 Å². The lowest BCUT2D eigenvalue weighted by Crippen LogP contribution is -2.25. The van der Waals surface area contributed by atoms with Crippen molar-refractivity contribution in [2.45, 2.75) is 26.6 Å². The number of aromatic nitrogens is 1. The Morgan fingerprint density at radius 2 is 1.77 bits per heavy atom. The van der Waals surface area contributed by atoms with E-state index >= 15 is 0 Å². The van der Waals surface area contributed by atoms with Gasteiger partial charge in [0.25, 0.3) is 0 Å². The highest BCUT2D eigenvalue weighted by Crippen LogP contribution is 2.35. The summed E-state index contributed by atoms with van der Waals surface area (Å²) >= 11 is 3.44. The van der Waals surface area contributed by atoms with Gasteiger partial charge in [-0.3, -0.25) is 4.79 Å². The van der Waals surface area contributed by atoms with Crippen LogP contribution in [0.5, 0.6) is 0 Å². The molecule has 4 aromatic rings. The highest BCUT2D eigenvalue weighted by Gasteiger charge is 2.33. The molecule has 5 nitrogen and oxygen atoms in total. The Hall–Kier alpha value is -3.12. The zero-order valence-electron chi connectivity index (χ0n) is 16.7. The van der Waals surface area contributed by atoms with Gasteiger partial charge < -0.3 is 9.30 Å². The SMILES string of the molecule is CCn1c2ccccc2c2cc([C@@H]3OC(c4ccc(Br)cc4)=NN3C(C)=O)ccc21. The molecule has 1 aliphatic rings. The van der Waals surface area contributed by atoms with Crippen molar-refractivity contribution in [2.24, 2.45) is 5.10 Å². The van der Waals surface area contributed by atoms with Crippen LogP contribution in [0.4, 0.5) is 0 Å². The monoisotopic (exact) mass is 461 g/mol. The summed E-state index contributed by atoms with van der Waals surface area (Å²) in [6, 6.07) is 22.3. The van der Waals surface area contributed by atoms with Gasteiger partial charge in [0.05, 0.1) is 0 Å². The molecule has 3 aromatic carbocycles. The number of nitrogens with zero attached hydrogens (tertiary/aromatic N) is 3. The molecule has 0 saturated carbocycles. The first-order valence-corrected chi connectivity index (χ1v) is 10.7. The van der Waals surface area contributed by atoms with Crippen LogP contribution in [0, 0.1) is 0 Å². The highest BCUT2D eigenvalue weighted by molar-refractivity contribution is 9.10. The largest absolute Gasteiger partial charge is 0.446 e. The zero-order chi connectivity index (χ0) is 20.8. The van der Waals surface area contributed by atoms with E-state index in [1.54, 1.807) is 0 Å². The fourth-order valence-electron chi connectivity index (χ4n) is 4.06. The number of fused-ring (bicyclic) bond motifs is 3. The van der Waals surface area contributed by atoms with Crippen LogP contribution in [-0.2, 0) is 16.1 Å². The van der Waals surface area contributed by atoms with Gasteiger partial charge in [0, 0.05) is 50.9 Å². The molecular formula is C24H20BrN3O2. The number of carbonyl (C=O) groups excluding carboxylic acids is 1. The Kier molecular flexibility index (Phi) is 4.59. The minimum Gasteiger partial charge on any atom is -0.446 e. The van der Waals surface area contributed by atoms with Crippen molar-refractivity contribution < 1.29 is 9.53 Å². The number of benzene rings is 3. The number of aryl methyl sites for hydroxylation is 1. The molecule has 0 bridgehead atoms. The number of amides is 1. The van der Waals surface area contributed by atoms with Crippen LogP contribution in [0.2, 0.25) is 0 Å². The molecule has 1 amide bonds. The molecule has 1 aromatic heterocycles. The van der Waals surface area contributed by atoms with E-state index in [1.807, 2.05) is 30.3 Å². The molecule has 0 saturated heterocycles. The van der Waals surface area contributed by atoms with Gasteiger partial charge >= 0.3 is 0 Å². The Bertz CT molecular complexity index is 1310. The summed E-state index contributed by atoms with van der Waals surface area (Å²) in [5.41, 5.74) is 4.10. The fraction of sp³-hybridized carbons (Fsp3) is 0.167. The van der Waals surface area contributed by atoms with Crippen LogP contribution in [0.15, 0.2) is 76.3 Å². The molecule has 30 heavy (non-hydrogen) atoms. The Labute approximate surface area is 182 Å². The quantitative estimate of drug-likeness (QED) is 0.386. The van der Waals surface area contributed by atoms with E-state index in [0.29, 0.717) is 5.90 Å². The normalized spacial score (nSPS) is 16.2. The maximum atomic E-state index is 12.3. The molecule has 6 heteroatoms. The number of hydrogen-bond acceptors (Lipinski definition) is 3. The molecule has 0 radical (unpaired) electrons. The number of halogens is 1. The number of hydrazone groups is 1. The standard InChI is InChI=1S/C24H20BrN3O2/c1-3-27-21-7-5-4-6-19(21)20-14-17(10-13-22(20)27)24-28(15(2)29)26-23(30-24)16-8-11-18(25)12-9-16/h4-14,24H,3H2,1-2H3/t24-/m0/s1. The van der Waals surface area contributed by atoms with E-state index in [1.165, 1.54) is 28.4 Å². The molecule has 0 N–H and O–H groups in total. The van der Waals surface area contributed by atoms with Gasteiger partial charge in [-0.15, -0.1) is 5.10 Å². The van der Waals surface area contributed by atoms with Gasteiger partial charge in [0.2, 0.25) is 18.0 Å². The van der Waals surface area contributed by atoms with Crippen molar-refractivity contribution in [3.63, 3.8) is 0 Å². The van der Waals surface area contributed by atoms with E-state index < -0.39 is 6.23 Å². The number of rotatable bonds is 3. The van der Waals surface area contributed by atoms with Crippen LogP contribution in [0.1, 0.15) is 31.2 Å². The third-order valence-corrected chi connectivity index (χ3v) is 5.98. The van der Waals surface area contributed by atoms with Crippen LogP contribution >= 0.6 is 15.9 Å². The molecule has 150 valence electrons. The minimum absolute atomic E-state index is 0.164. The number of para-hydroxylation sites is 1. The van der Waals surface area contributed by atoms with Crippen LogP contribution < -0.4 is 0 Å². The van der Waals surface area contributed by atoms with Gasteiger partial charge in [-0.05, 0) is 49.4 Å². The summed E-state index contributed by atoms with van der Waals surface area (Å²) in [4.78, 5) is 12.3. The summed E-state index contributed by atoms with van der Waals surface area (Å²) in [5, 5.41) is 8.22. The van der Waals surface area contributed by atoms with Gasteiger partial charge in [0.15, 0.2) is 0 Å². The molecule has 0 spiro atoms. The first-order valence-electron chi connectivity index (χ1n) is 9.88. The number of hydrogen-bond donors (Lipinski definition) is 0. The van der Waals surface area contributed by atoms with Crippen molar-refractivity contribution in [1.82, 2.24) is 9.58 Å². The average Bonchev–Trinajstić information content (AvgIpc) is 3.34. The summed E-state index contributed by atoms with van der Waals surface area (Å²) < 4.78 is 9.45. The van der Waals surface area contributed by atoms with Crippen LogP contribution in [0.25, 0.3) is 21.8 Å². The molecule has 2 heterocycles. The van der Waals surface area contributed by atoms with Gasteiger partial charge in [-0.1, -0.05) is 40.2 Å². The maximum Gasteiger partial charge on any atom is 0.243 e. The third-order valence-electron chi connectivity index (χ3n) is 5.46. The second-order valence-electron chi connectivity index (χ2n) is 7.28. The van der Waals surface area contributed by atoms with Crippen LogP contribution in [0.3, 0.4) is 0 Å². The van der Waals surface area contributed by atoms with Crippen molar-refractivity contribution in [3.05, 3.63) is 82.3 Å². The van der Waals surface area contributed by atoms with E-state index in [4.69, 9.17) is 4.74 Å². The zero-order valence-corrected chi connectivity index (χ0v) is 18.3. The van der Waals surface area contributed by atoms with E-state index in [0.717, 1.165) is 27.5 Å². The second-order valence-corrected chi connectivity index (χ2v) is 8.20. The number of ether oxygens (including phenoxy) is 1. The molecule has 5 rings (SSSR count).